The molecule has 0 fully saturated rings. The number of fused-ring (bicyclic) bond motifs is 19. The highest BCUT2D eigenvalue weighted by Crippen LogP contribution is 2.64. The molecule has 3 nitrogen and oxygen atoms in total. The molecular weight excluding hydrogens is 863 g/mol. The second kappa shape index (κ2) is 14.2. The van der Waals surface area contributed by atoms with Crippen molar-refractivity contribution in [1.29, 1.82) is 0 Å². The smallest absolute Gasteiger partial charge is 0.159 e. The van der Waals surface area contributed by atoms with Crippen LogP contribution in [-0.2, 0) is 10.8 Å². The minimum atomic E-state index is -0.742. The molecule has 0 radical (unpaired) electrons. The summed E-state index contributed by atoms with van der Waals surface area (Å²) in [5.74, 6) is 0. The number of benzene rings is 11. The highest BCUT2D eigenvalue weighted by Gasteiger charge is 2.52. The van der Waals surface area contributed by atoms with Crippen LogP contribution in [0.1, 0.15) is 44.5 Å². The Kier molecular flexibility index (Phi) is 7.75. The van der Waals surface area contributed by atoms with Crippen molar-refractivity contribution < 1.29 is 8.83 Å². The SMILES string of the molecule is c1ccc(C2(c3cc(N(c4ccc5c(c4)C4(c6ccccc6-c6ccccc64)c4ccccc4-5)c4cccc5c4oc4ccccc45)cc4c3oc3ccccc34)c3ccccc3-c3ccccc32)cc1. The van der Waals surface area contributed by atoms with Crippen LogP contribution in [0.15, 0.2) is 258 Å². The third-order valence-corrected chi connectivity index (χ3v) is 16.1. The summed E-state index contributed by atoms with van der Waals surface area (Å²) < 4.78 is 14.2. The summed E-state index contributed by atoms with van der Waals surface area (Å²) in [6.07, 6.45) is 0. The Hall–Kier alpha value is -9.18. The molecule has 0 unspecified atom stereocenters. The lowest BCUT2D eigenvalue weighted by molar-refractivity contribution is 0.648. The second-order valence-electron chi connectivity index (χ2n) is 19.4. The summed E-state index contributed by atoms with van der Waals surface area (Å²) in [6.45, 7) is 0. The number of rotatable bonds is 5. The van der Waals surface area contributed by atoms with E-state index >= 15 is 0 Å². The normalized spacial score (nSPS) is 14.1. The van der Waals surface area contributed by atoms with Gasteiger partial charge in [0, 0.05) is 38.5 Å². The number of furan rings is 2. The summed E-state index contributed by atoms with van der Waals surface area (Å²) in [4.78, 5) is 2.46. The topological polar surface area (TPSA) is 29.5 Å². The van der Waals surface area contributed by atoms with Crippen LogP contribution in [0.5, 0.6) is 0 Å². The molecule has 0 amide bonds. The summed E-state index contributed by atoms with van der Waals surface area (Å²) >= 11 is 0. The maximum absolute atomic E-state index is 7.22. The van der Waals surface area contributed by atoms with Crippen molar-refractivity contribution in [1.82, 2.24) is 0 Å². The predicted molar refractivity (Wildman–Crippen MR) is 289 cm³/mol. The fraction of sp³-hybridized carbons (Fsp3) is 0.0294. The molecule has 2 aromatic heterocycles. The lowest BCUT2D eigenvalue weighted by Crippen LogP contribution is -2.29. The Morgan fingerprint density at radius 3 is 1.28 bits per heavy atom. The molecule has 0 bridgehead atoms. The molecule has 13 aromatic rings. The first-order chi connectivity index (χ1) is 35.2. The zero-order valence-corrected chi connectivity index (χ0v) is 38.4. The number of nitrogens with zero attached hydrogens (tertiary/aromatic N) is 1. The highest BCUT2D eigenvalue weighted by molar-refractivity contribution is 6.13. The minimum absolute atomic E-state index is 0.531. The van der Waals surface area contributed by atoms with Crippen LogP contribution < -0.4 is 4.90 Å². The largest absolute Gasteiger partial charge is 0.456 e. The molecule has 330 valence electrons. The van der Waals surface area contributed by atoms with Crippen LogP contribution in [-0.4, -0.2) is 0 Å². The average molecular weight is 904 g/mol. The zero-order valence-electron chi connectivity index (χ0n) is 38.4. The van der Waals surface area contributed by atoms with E-state index < -0.39 is 10.8 Å². The van der Waals surface area contributed by atoms with Crippen LogP contribution >= 0.6 is 0 Å². The Labute approximate surface area is 410 Å². The number of anilines is 3. The second-order valence-corrected chi connectivity index (χ2v) is 19.4. The van der Waals surface area contributed by atoms with E-state index in [2.05, 4.69) is 254 Å². The van der Waals surface area contributed by atoms with Gasteiger partial charge in [-0.2, -0.15) is 0 Å². The van der Waals surface area contributed by atoms with E-state index in [1.54, 1.807) is 0 Å². The van der Waals surface area contributed by atoms with Crippen molar-refractivity contribution in [3.8, 4) is 33.4 Å². The standard InChI is InChI=1S/C68H41NO2/c1-2-19-42(20-3-1)67(55-29-11-4-21-45(55)46-22-5-12-30-56(46)67)61-41-44(39-54-52-27-10-17-36-64(52)70-65(54)61)69(62-34-18-28-53-51-26-9-16-35-63(51)71-66(53)62)43-37-38-50-49-25-8-15-33-59(49)68(60(50)40-43)57-31-13-6-23-47(57)48-24-7-14-32-58(48)68/h1-41H. The predicted octanol–water partition coefficient (Wildman–Crippen LogP) is 17.7. The summed E-state index contributed by atoms with van der Waals surface area (Å²) in [7, 11) is 0. The number of para-hydroxylation sites is 3. The quantitative estimate of drug-likeness (QED) is 0.172. The molecule has 3 aliphatic carbocycles. The lowest BCUT2D eigenvalue weighted by atomic mass is 9.67. The van der Waals surface area contributed by atoms with Crippen LogP contribution in [0.4, 0.5) is 17.1 Å². The van der Waals surface area contributed by atoms with E-state index in [4.69, 9.17) is 8.83 Å². The maximum Gasteiger partial charge on any atom is 0.159 e. The molecular formula is C68H41NO2. The molecule has 0 N–H and O–H groups in total. The van der Waals surface area contributed by atoms with E-state index in [0.29, 0.717) is 0 Å². The maximum atomic E-state index is 7.22. The van der Waals surface area contributed by atoms with Crippen molar-refractivity contribution in [3.05, 3.63) is 293 Å². The Bertz CT molecular complexity index is 4270. The zero-order chi connectivity index (χ0) is 46.4. The molecule has 16 rings (SSSR count). The van der Waals surface area contributed by atoms with Gasteiger partial charge in [-0.15, -0.1) is 0 Å². The fourth-order valence-corrected chi connectivity index (χ4v) is 13.5. The number of hydrogen-bond acceptors (Lipinski definition) is 3. The molecule has 0 saturated heterocycles. The highest BCUT2D eigenvalue weighted by atomic mass is 16.3. The summed E-state index contributed by atoms with van der Waals surface area (Å²) in [5, 5.41) is 4.28. The van der Waals surface area contributed by atoms with Gasteiger partial charge in [-0.25, -0.2) is 0 Å². The van der Waals surface area contributed by atoms with Crippen LogP contribution in [0.25, 0.3) is 77.3 Å². The average Bonchev–Trinajstić information content (AvgIpc) is 4.23. The van der Waals surface area contributed by atoms with Crippen LogP contribution in [0, 0.1) is 0 Å². The van der Waals surface area contributed by atoms with Crippen molar-refractivity contribution in [2.24, 2.45) is 0 Å². The molecule has 2 heterocycles. The van der Waals surface area contributed by atoms with Gasteiger partial charge in [0.25, 0.3) is 0 Å². The Morgan fingerprint density at radius 2 is 0.704 bits per heavy atom. The minimum Gasteiger partial charge on any atom is -0.456 e. The van der Waals surface area contributed by atoms with Crippen molar-refractivity contribution in [2.45, 2.75) is 10.8 Å². The summed E-state index contributed by atoms with van der Waals surface area (Å²) in [6, 6.07) is 91.6. The van der Waals surface area contributed by atoms with E-state index in [0.717, 1.165) is 66.5 Å². The van der Waals surface area contributed by atoms with E-state index in [9.17, 15) is 0 Å². The molecule has 11 aromatic carbocycles. The Morgan fingerprint density at radius 1 is 0.268 bits per heavy atom. The van der Waals surface area contributed by atoms with Crippen LogP contribution in [0.3, 0.4) is 0 Å². The van der Waals surface area contributed by atoms with Crippen molar-refractivity contribution in [2.75, 3.05) is 4.90 Å². The van der Waals surface area contributed by atoms with Crippen LogP contribution in [0.2, 0.25) is 0 Å². The van der Waals surface area contributed by atoms with Crippen molar-refractivity contribution in [3.63, 3.8) is 0 Å². The third-order valence-electron chi connectivity index (χ3n) is 16.1. The van der Waals surface area contributed by atoms with Gasteiger partial charge < -0.3 is 13.7 Å². The first kappa shape index (κ1) is 38.8. The molecule has 0 atom stereocenters. The fourth-order valence-electron chi connectivity index (χ4n) is 13.5. The summed E-state index contributed by atoms with van der Waals surface area (Å²) in [5.41, 5.74) is 22.6. The van der Waals surface area contributed by atoms with Gasteiger partial charge in [0.05, 0.1) is 16.5 Å². The molecule has 0 aliphatic heterocycles. The van der Waals surface area contributed by atoms with Gasteiger partial charge in [0.1, 0.15) is 16.7 Å². The first-order valence-electron chi connectivity index (χ1n) is 24.6. The van der Waals surface area contributed by atoms with Gasteiger partial charge in [0.15, 0.2) is 5.58 Å². The van der Waals surface area contributed by atoms with Gasteiger partial charge >= 0.3 is 0 Å². The van der Waals surface area contributed by atoms with E-state index in [1.165, 1.54) is 72.3 Å². The Balaban J connectivity index is 1.06. The van der Waals surface area contributed by atoms with E-state index in [-0.39, 0.29) is 0 Å². The van der Waals surface area contributed by atoms with Crippen molar-refractivity contribution >= 4 is 60.9 Å². The third kappa shape index (κ3) is 4.92. The van der Waals surface area contributed by atoms with E-state index in [1.807, 2.05) is 0 Å². The molecule has 3 aliphatic rings. The van der Waals surface area contributed by atoms with Gasteiger partial charge in [-0.1, -0.05) is 206 Å². The van der Waals surface area contributed by atoms with Gasteiger partial charge in [-0.05, 0) is 115 Å². The van der Waals surface area contributed by atoms with Gasteiger partial charge in [0.2, 0.25) is 0 Å². The molecule has 3 heteroatoms. The molecule has 71 heavy (non-hydrogen) atoms. The number of hydrogen-bond donors (Lipinski definition) is 0. The lowest BCUT2D eigenvalue weighted by Gasteiger charge is -2.35. The van der Waals surface area contributed by atoms with Gasteiger partial charge in [-0.3, -0.25) is 0 Å². The first-order valence-corrected chi connectivity index (χ1v) is 24.6. The molecule has 0 saturated carbocycles. The molecule has 1 spiro atoms. The monoisotopic (exact) mass is 903 g/mol.